The topological polar surface area (TPSA) is 57.9 Å². The molecule has 102 valence electrons. The molecule has 0 radical (unpaired) electrons. The van der Waals surface area contributed by atoms with Gasteiger partial charge in [-0.2, -0.15) is 5.26 Å². The van der Waals surface area contributed by atoms with Crippen LogP contribution in [0.15, 0.2) is 42.6 Å². The van der Waals surface area contributed by atoms with Crippen molar-refractivity contribution in [3.8, 4) is 11.8 Å². The maximum absolute atomic E-state index is 9.05. The highest BCUT2D eigenvalue weighted by atomic mass is 16.5. The van der Waals surface area contributed by atoms with Crippen molar-refractivity contribution in [3.05, 3.63) is 53.7 Å². The zero-order chi connectivity index (χ0) is 14.4. The van der Waals surface area contributed by atoms with Gasteiger partial charge in [-0.3, -0.25) is 0 Å². The molecule has 1 N–H and O–H groups in total. The first-order valence-corrected chi connectivity index (χ1v) is 6.59. The van der Waals surface area contributed by atoms with Crippen LogP contribution in [0.3, 0.4) is 0 Å². The highest BCUT2D eigenvalue weighted by molar-refractivity contribution is 5.52. The fourth-order valence-electron chi connectivity index (χ4n) is 1.92. The summed E-state index contributed by atoms with van der Waals surface area (Å²) < 4.78 is 5.42. The van der Waals surface area contributed by atoms with E-state index in [4.69, 9.17) is 10.00 Å². The molecule has 1 heterocycles. The van der Waals surface area contributed by atoms with Gasteiger partial charge in [-0.05, 0) is 43.7 Å². The second-order valence-corrected chi connectivity index (χ2v) is 4.38. The van der Waals surface area contributed by atoms with E-state index in [0.29, 0.717) is 18.0 Å². The maximum Gasteiger partial charge on any atom is 0.144 e. The molecular weight excluding hydrogens is 250 g/mol. The number of anilines is 1. The van der Waals surface area contributed by atoms with Crippen LogP contribution in [0.5, 0.6) is 5.75 Å². The van der Waals surface area contributed by atoms with E-state index in [1.165, 1.54) is 0 Å². The Labute approximate surface area is 119 Å². The Bertz CT molecular complexity index is 602. The van der Waals surface area contributed by atoms with E-state index in [-0.39, 0.29) is 6.04 Å². The highest BCUT2D eigenvalue weighted by Gasteiger charge is 2.09. The lowest BCUT2D eigenvalue weighted by Crippen LogP contribution is -2.09. The van der Waals surface area contributed by atoms with Crippen LogP contribution in [0.25, 0.3) is 0 Å². The number of nitrogens with zero attached hydrogens (tertiary/aromatic N) is 2. The van der Waals surface area contributed by atoms with Crippen molar-refractivity contribution in [1.29, 1.82) is 5.26 Å². The van der Waals surface area contributed by atoms with E-state index >= 15 is 0 Å². The summed E-state index contributed by atoms with van der Waals surface area (Å²) in [5.74, 6) is 1.47. The number of ether oxygens (including phenoxy) is 1. The maximum atomic E-state index is 9.05. The molecule has 1 aromatic carbocycles. The summed E-state index contributed by atoms with van der Waals surface area (Å²) in [6.07, 6.45) is 1.67. The van der Waals surface area contributed by atoms with Gasteiger partial charge in [-0.25, -0.2) is 4.98 Å². The van der Waals surface area contributed by atoms with Crippen molar-refractivity contribution in [3.63, 3.8) is 0 Å². The number of benzene rings is 1. The van der Waals surface area contributed by atoms with Crippen LogP contribution in [0.4, 0.5) is 5.82 Å². The number of nitriles is 1. The van der Waals surface area contributed by atoms with Gasteiger partial charge in [0.05, 0.1) is 12.2 Å². The zero-order valence-corrected chi connectivity index (χ0v) is 11.6. The van der Waals surface area contributed by atoms with Crippen LogP contribution >= 0.6 is 0 Å². The lowest BCUT2D eigenvalue weighted by molar-refractivity contribution is 0.340. The Morgan fingerprint density at radius 3 is 2.70 bits per heavy atom. The normalized spacial score (nSPS) is 11.4. The van der Waals surface area contributed by atoms with Gasteiger partial charge < -0.3 is 10.1 Å². The summed E-state index contributed by atoms with van der Waals surface area (Å²) in [5, 5.41) is 12.3. The Balaban J connectivity index is 2.11. The first-order chi connectivity index (χ1) is 9.74. The number of hydrogen-bond acceptors (Lipinski definition) is 4. The summed E-state index contributed by atoms with van der Waals surface area (Å²) in [6.45, 7) is 4.65. The molecule has 0 spiro atoms. The molecule has 1 aromatic heterocycles. The summed E-state index contributed by atoms with van der Waals surface area (Å²) in [6, 6.07) is 13.6. The van der Waals surface area contributed by atoms with Crippen LogP contribution in [-0.4, -0.2) is 11.6 Å². The Kier molecular flexibility index (Phi) is 4.56. The molecule has 0 saturated heterocycles. The third-order valence-electron chi connectivity index (χ3n) is 2.97. The van der Waals surface area contributed by atoms with Crippen molar-refractivity contribution in [2.45, 2.75) is 19.9 Å². The van der Waals surface area contributed by atoms with Gasteiger partial charge in [0, 0.05) is 12.2 Å². The van der Waals surface area contributed by atoms with E-state index in [9.17, 15) is 0 Å². The number of aromatic nitrogens is 1. The molecule has 2 aromatic rings. The van der Waals surface area contributed by atoms with Gasteiger partial charge in [0.25, 0.3) is 0 Å². The van der Waals surface area contributed by atoms with Crippen molar-refractivity contribution >= 4 is 5.82 Å². The van der Waals surface area contributed by atoms with Gasteiger partial charge in [0.2, 0.25) is 0 Å². The monoisotopic (exact) mass is 267 g/mol. The lowest BCUT2D eigenvalue weighted by Gasteiger charge is -2.16. The van der Waals surface area contributed by atoms with Gasteiger partial charge in [-0.1, -0.05) is 12.1 Å². The molecular formula is C16H17N3O. The molecule has 0 amide bonds. The number of nitrogens with one attached hydrogen (secondary N) is 1. The highest BCUT2D eigenvalue weighted by Crippen LogP contribution is 2.22. The second-order valence-electron chi connectivity index (χ2n) is 4.38. The zero-order valence-electron chi connectivity index (χ0n) is 11.6. The van der Waals surface area contributed by atoms with Crippen molar-refractivity contribution in [2.75, 3.05) is 11.9 Å². The minimum atomic E-state index is 0.0627. The molecule has 1 unspecified atom stereocenters. The summed E-state index contributed by atoms with van der Waals surface area (Å²) in [5.41, 5.74) is 1.66. The molecule has 0 saturated carbocycles. The molecule has 0 bridgehead atoms. The number of hydrogen-bond donors (Lipinski definition) is 1. The SMILES string of the molecule is CCOc1ccc(C(C)Nc2ncccc2C#N)cc1. The quantitative estimate of drug-likeness (QED) is 0.900. The fraction of sp³-hybridized carbons (Fsp3) is 0.250. The Morgan fingerprint density at radius 2 is 2.05 bits per heavy atom. The van der Waals surface area contributed by atoms with Gasteiger partial charge in [0.15, 0.2) is 0 Å². The van der Waals surface area contributed by atoms with Crippen molar-refractivity contribution in [1.82, 2.24) is 4.98 Å². The lowest BCUT2D eigenvalue weighted by atomic mass is 10.1. The first kappa shape index (κ1) is 13.9. The smallest absolute Gasteiger partial charge is 0.144 e. The van der Waals surface area contributed by atoms with E-state index in [1.54, 1.807) is 18.3 Å². The van der Waals surface area contributed by atoms with E-state index in [1.807, 2.05) is 38.1 Å². The molecule has 2 rings (SSSR count). The molecule has 20 heavy (non-hydrogen) atoms. The summed E-state index contributed by atoms with van der Waals surface area (Å²) in [7, 11) is 0. The molecule has 4 heteroatoms. The van der Waals surface area contributed by atoms with Crippen LogP contribution in [0.1, 0.15) is 31.0 Å². The van der Waals surface area contributed by atoms with Crippen LogP contribution in [0.2, 0.25) is 0 Å². The average molecular weight is 267 g/mol. The van der Waals surface area contributed by atoms with Crippen molar-refractivity contribution in [2.24, 2.45) is 0 Å². The first-order valence-electron chi connectivity index (χ1n) is 6.59. The predicted molar refractivity (Wildman–Crippen MR) is 78.6 cm³/mol. The summed E-state index contributed by atoms with van der Waals surface area (Å²) in [4.78, 5) is 4.20. The molecule has 0 aliphatic rings. The van der Waals surface area contributed by atoms with Gasteiger partial charge in [-0.15, -0.1) is 0 Å². The molecule has 0 aliphatic carbocycles. The van der Waals surface area contributed by atoms with Crippen LogP contribution in [-0.2, 0) is 0 Å². The summed E-state index contributed by atoms with van der Waals surface area (Å²) >= 11 is 0. The van der Waals surface area contributed by atoms with E-state index in [0.717, 1.165) is 11.3 Å². The number of pyridine rings is 1. The largest absolute Gasteiger partial charge is 0.494 e. The second kappa shape index (κ2) is 6.58. The van der Waals surface area contributed by atoms with Gasteiger partial charge in [0.1, 0.15) is 17.6 Å². The van der Waals surface area contributed by atoms with Gasteiger partial charge >= 0.3 is 0 Å². The minimum absolute atomic E-state index is 0.0627. The Morgan fingerprint density at radius 1 is 1.30 bits per heavy atom. The third kappa shape index (κ3) is 3.27. The molecule has 0 fully saturated rings. The van der Waals surface area contributed by atoms with Crippen molar-refractivity contribution < 1.29 is 4.74 Å². The minimum Gasteiger partial charge on any atom is -0.494 e. The Hall–Kier alpha value is -2.54. The predicted octanol–water partition coefficient (Wildman–Crippen LogP) is 3.53. The van der Waals surface area contributed by atoms with E-state index in [2.05, 4.69) is 16.4 Å². The average Bonchev–Trinajstić information content (AvgIpc) is 2.49. The molecule has 4 nitrogen and oxygen atoms in total. The van der Waals surface area contributed by atoms with Crippen LogP contribution in [0, 0.1) is 11.3 Å². The molecule has 1 atom stereocenters. The van der Waals surface area contributed by atoms with E-state index < -0.39 is 0 Å². The molecule has 0 aliphatic heterocycles. The third-order valence-corrected chi connectivity index (χ3v) is 2.97. The fourth-order valence-corrected chi connectivity index (χ4v) is 1.92. The standard InChI is InChI=1S/C16H17N3O/c1-3-20-15-8-6-13(7-9-15)12(2)19-16-14(11-17)5-4-10-18-16/h4-10,12H,3H2,1-2H3,(H,18,19). The number of rotatable bonds is 5. The van der Waals surface area contributed by atoms with Crippen LogP contribution < -0.4 is 10.1 Å².